The molecule has 2 heterocycles. The van der Waals surface area contributed by atoms with Gasteiger partial charge in [-0.05, 0) is 10.2 Å². The van der Waals surface area contributed by atoms with Crippen molar-refractivity contribution >= 4 is 34.5 Å². The zero-order valence-corrected chi connectivity index (χ0v) is 12.8. The summed E-state index contributed by atoms with van der Waals surface area (Å²) < 4.78 is 34.6. The largest absolute Gasteiger partial charge is 0.394 e. The van der Waals surface area contributed by atoms with Crippen LogP contribution in [0.2, 0.25) is 0 Å². The van der Waals surface area contributed by atoms with Crippen LogP contribution >= 0.6 is 22.6 Å². The highest BCUT2D eigenvalue weighted by atomic mass is 127. The molecule has 114 valence electrons. The minimum absolute atomic E-state index is 0.00319. The van der Waals surface area contributed by atoms with Crippen molar-refractivity contribution in [2.45, 2.75) is 18.5 Å². The lowest BCUT2D eigenvalue weighted by Crippen LogP contribution is -2.29. The van der Waals surface area contributed by atoms with E-state index in [2.05, 4.69) is 4.98 Å². The Balaban J connectivity index is 2.51. The molecule has 0 radical (unpaired) electrons. The Labute approximate surface area is 132 Å². The van der Waals surface area contributed by atoms with E-state index in [1.165, 1.54) is 6.20 Å². The fourth-order valence-electron chi connectivity index (χ4n) is 2.00. The lowest BCUT2D eigenvalue weighted by molar-refractivity contribution is -0.0322. The van der Waals surface area contributed by atoms with E-state index in [-0.39, 0.29) is 17.7 Å². The summed E-state index contributed by atoms with van der Waals surface area (Å²) in [7, 11) is 0. The minimum atomic E-state index is -1.84. The van der Waals surface area contributed by atoms with Crippen molar-refractivity contribution < 1.29 is 18.6 Å². The molecule has 0 amide bonds. The number of alkyl halides is 1. The molecule has 9 heteroatoms. The van der Waals surface area contributed by atoms with Crippen molar-refractivity contribution in [1.29, 1.82) is 0 Å². The quantitative estimate of drug-likeness (QED) is 0.733. The third kappa shape index (κ3) is 2.99. The van der Waals surface area contributed by atoms with Crippen molar-refractivity contribution in [1.82, 2.24) is 9.55 Å². The SMILES string of the molecule is Nc1nc(=O)n(C2OC(CO)C(F)/C2=C\F)cc1/C=C\I. The first-order valence-corrected chi connectivity index (χ1v) is 7.14. The fourth-order valence-corrected chi connectivity index (χ4v) is 2.39. The van der Waals surface area contributed by atoms with E-state index in [1.807, 2.05) is 22.6 Å². The van der Waals surface area contributed by atoms with Gasteiger partial charge in [0.05, 0.1) is 12.9 Å². The molecular weight excluding hydrogens is 399 g/mol. The second-order valence-corrected chi connectivity index (χ2v) is 5.00. The maximum atomic E-state index is 13.9. The molecule has 21 heavy (non-hydrogen) atoms. The van der Waals surface area contributed by atoms with Crippen molar-refractivity contribution in [3.63, 3.8) is 0 Å². The Morgan fingerprint density at radius 3 is 2.90 bits per heavy atom. The van der Waals surface area contributed by atoms with E-state index in [9.17, 15) is 13.6 Å². The third-order valence-electron chi connectivity index (χ3n) is 3.05. The van der Waals surface area contributed by atoms with Crippen LogP contribution in [0.5, 0.6) is 0 Å². The lowest BCUT2D eigenvalue weighted by Gasteiger charge is -2.15. The van der Waals surface area contributed by atoms with Crippen molar-refractivity contribution in [3.05, 3.63) is 38.2 Å². The first-order valence-electron chi connectivity index (χ1n) is 5.89. The first-order chi connectivity index (χ1) is 10.0. The average Bonchev–Trinajstić information content (AvgIpc) is 2.78. The fraction of sp³-hybridized carbons (Fsp3) is 0.333. The van der Waals surface area contributed by atoms with Crippen LogP contribution in [0.4, 0.5) is 14.6 Å². The third-order valence-corrected chi connectivity index (χ3v) is 3.41. The van der Waals surface area contributed by atoms with E-state index in [0.717, 1.165) is 4.57 Å². The van der Waals surface area contributed by atoms with Crippen LogP contribution in [-0.2, 0) is 4.74 Å². The Hall–Kier alpha value is -1.33. The highest BCUT2D eigenvalue weighted by Crippen LogP contribution is 2.35. The predicted molar refractivity (Wildman–Crippen MR) is 81.0 cm³/mol. The van der Waals surface area contributed by atoms with Gasteiger partial charge in [-0.2, -0.15) is 4.98 Å². The molecule has 0 aromatic carbocycles. The predicted octanol–water partition coefficient (Wildman–Crippen LogP) is 1.31. The van der Waals surface area contributed by atoms with Crippen LogP contribution in [-0.4, -0.2) is 33.5 Å². The van der Waals surface area contributed by atoms with Gasteiger partial charge in [0, 0.05) is 17.3 Å². The first kappa shape index (κ1) is 16.0. The molecular formula is C12H12F2IN3O3. The standard InChI is InChI=1S/C12H12F2IN3O3/c13-3-7-9(14)8(5-19)21-11(7)18-4-6(1-2-15)10(16)17-12(18)20/h1-4,8-9,11,19H,5H2,(H2,16,17,20)/b2-1-,7-3+. The van der Waals surface area contributed by atoms with Crippen LogP contribution in [0.25, 0.3) is 6.08 Å². The zero-order chi connectivity index (χ0) is 15.6. The molecule has 1 aromatic rings. The van der Waals surface area contributed by atoms with Crippen LogP contribution in [0.3, 0.4) is 0 Å². The maximum absolute atomic E-state index is 13.9. The normalized spacial score (nSPS) is 27.8. The van der Waals surface area contributed by atoms with Gasteiger partial charge >= 0.3 is 5.69 Å². The van der Waals surface area contributed by atoms with E-state index in [4.69, 9.17) is 15.6 Å². The van der Waals surface area contributed by atoms with E-state index in [0.29, 0.717) is 5.56 Å². The number of hydrogen-bond donors (Lipinski definition) is 2. The number of nitrogens with two attached hydrogens (primary N) is 1. The highest BCUT2D eigenvalue weighted by molar-refractivity contribution is 14.1. The Kier molecular flexibility index (Phi) is 5.06. The van der Waals surface area contributed by atoms with E-state index in [1.54, 1.807) is 10.2 Å². The van der Waals surface area contributed by atoms with Crippen molar-refractivity contribution in [3.8, 4) is 0 Å². The van der Waals surface area contributed by atoms with Crippen molar-refractivity contribution in [2.24, 2.45) is 0 Å². The Bertz CT molecular complexity index is 647. The summed E-state index contributed by atoms with van der Waals surface area (Å²) in [5, 5.41) is 9.02. The lowest BCUT2D eigenvalue weighted by atomic mass is 10.1. The molecule has 3 N–H and O–H groups in total. The Morgan fingerprint density at radius 2 is 2.33 bits per heavy atom. The number of ether oxygens (including phenoxy) is 1. The van der Waals surface area contributed by atoms with E-state index >= 15 is 0 Å². The molecule has 0 spiro atoms. The smallest absolute Gasteiger partial charge is 0.351 e. The van der Waals surface area contributed by atoms with Crippen LogP contribution in [0, 0.1) is 0 Å². The maximum Gasteiger partial charge on any atom is 0.351 e. The summed E-state index contributed by atoms with van der Waals surface area (Å²) in [5.41, 5.74) is 4.83. The minimum Gasteiger partial charge on any atom is -0.394 e. The van der Waals surface area contributed by atoms with Crippen molar-refractivity contribution in [2.75, 3.05) is 12.3 Å². The number of aromatic nitrogens is 2. The number of rotatable bonds is 3. The number of hydrogen-bond acceptors (Lipinski definition) is 5. The highest BCUT2D eigenvalue weighted by Gasteiger charge is 2.41. The van der Waals surface area contributed by atoms with Gasteiger partial charge in [0.15, 0.2) is 12.4 Å². The van der Waals surface area contributed by atoms with Crippen LogP contribution in [0.1, 0.15) is 11.8 Å². The number of aliphatic hydroxyl groups excluding tert-OH is 1. The molecule has 6 nitrogen and oxygen atoms in total. The molecule has 0 saturated carbocycles. The van der Waals surface area contributed by atoms with Gasteiger partial charge in [0.25, 0.3) is 0 Å². The molecule has 1 aliphatic rings. The molecule has 1 aliphatic heterocycles. The molecule has 3 unspecified atom stereocenters. The molecule has 0 aliphatic carbocycles. The van der Waals surface area contributed by atoms with E-state index < -0.39 is 30.8 Å². The molecule has 3 atom stereocenters. The summed E-state index contributed by atoms with van der Waals surface area (Å²) in [4.78, 5) is 15.5. The monoisotopic (exact) mass is 411 g/mol. The average molecular weight is 411 g/mol. The number of nitrogens with zero attached hydrogens (tertiary/aromatic N) is 2. The second kappa shape index (κ2) is 6.62. The van der Waals surface area contributed by atoms with Gasteiger partial charge in [0.1, 0.15) is 11.9 Å². The van der Waals surface area contributed by atoms with Crippen LogP contribution in [0.15, 0.2) is 27.0 Å². The molecule has 2 rings (SSSR count). The summed E-state index contributed by atoms with van der Waals surface area (Å²) in [6, 6.07) is 0. The van der Waals surface area contributed by atoms with Gasteiger partial charge in [-0.1, -0.05) is 22.6 Å². The molecule has 1 aromatic heterocycles. The van der Waals surface area contributed by atoms with Gasteiger partial charge in [0.2, 0.25) is 0 Å². The topological polar surface area (TPSA) is 90.4 Å². The van der Waals surface area contributed by atoms with Gasteiger partial charge in [-0.25, -0.2) is 13.6 Å². The number of aliphatic hydroxyl groups is 1. The zero-order valence-electron chi connectivity index (χ0n) is 10.6. The van der Waals surface area contributed by atoms with Crippen LogP contribution < -0.4 is 11.4 Å². The van der Waals surface area contributed by atoms with Gasteiger partial charge in [-0.15, -0.1) is 0 Å². The second-order valence-electron chi connectivity index (χ2n) is 4.28. The summed E-state index contributed by atoms with van der Waals surface area (Å²) in [6.45, 7) is -0.632. The molecule has 1 saturated heterocycles. The van der Waals surface area contributed by atoms with Gasteiger partial charge < -0.3 is 15.6 Å². The number of anilines is 1. The summed E-state index contributed by atoms with van der Waals surface area (Å²) in [6.07, 6.45) is -1.43. The number of nitrogen functional groups attached to an aromatic ring is 1. The Morgan fingerprint density at radius 1 is 1.62 bits per heavy atom. The number of halogens is 3. The summed E-state index contributed by atoms with van der Waals surface area (Å²) >= 11 is 1.95. The summed E-state index contributed by atoms with van der Waals surface area (Å²) in [5.74, 6) is 0.00319. The van der Waals surface area contributed by atoms with Gasteiger partial charge in [-0.3, -0.25) is 4.57 Å². The molecule has 0 bridgehead atoms. The molecule has 1 fully saturated rings.